The van der Waals surface area contributed by atoms with E-state index in [1.165, 1.54) is 12.8 Å². The SMILES string of the molecule is CC1CNCCN1Cc1cc(C2CCNCC2)no1. The first-order chi connectivity index (χ1) is 9.33. The largest absolute Gasteiger partial charge is 0.360 e. The number of piperazine rings is 1. The van der Waals surface area contributed by atoms with Crippen LogP contribution < -0.4 is 10.6 Å². The van der Waals surface area contributed by atoms with Crippen LogP contribution in [0.3, 0.4) is 0 Å². The van der Waals surface area contributed by atoms with Gasteiger partial charge in [-0.15, -0.1) is 0 Å². The molecule has 3 rings (SSSR count). The average molecular weight is 264 g/mol. The molecule has 2 fully saturated rings. The summed E-state index contributed by atoms with van der Waals surface area (Å²) in [5.74, 6) is 1.60. The maximum atomic E-state index is 5.54. The van der Waals surface area contributed by atoms with E-state index in [1.54, 1.807) is 0 Å². The van der Waals surface area contributed by atoms with E-state index in [0.717, 1.165) is 50.7 Å². The Hall–Kier alpha value is -0.910. The highest BCUT2D eigenvalue weighted by Crippen LogP contribution is 2.25. The van der Waals surface area contributed by atoms with Crippen LogP contribution in [0.5, 0.6) is 0 Å². The number of piperidine rings is 1. The molecule has 2 aliphatic rings. The van der Waals surface area contributed by atoms with Crippen molar-refractivity contribution < 1.29 is 4.52 Å². The van der Waals surface area contributed by atoms with Crippen LogP contribution in [0, 0.1) is 0 Å². The maximum absolute atomic E-state index is 5.54. The summed E-state index contributed by atoms with van der Waals surface area (Å²) in [6.07, 6.45) is 2.35. The third-order valence-electron chi connectivity index (χ3n) is 4.33. The van der Waals surface area contributed by atoms with Crippen molar-refractivity contribution in [3.8, 4) is 0 Å². The van der Waals surface area contributed by atoms with Gasteiger partial charge in [0.1, 0.15) is 0 Å². The average Bonchev–Trinajstić information content (AvgIpc) is 2.91. The summed E-state index contributed by atoms with van der Waals surface area (Å²) >= 11 is 0. The standard InChI is InChI=1S/C14H24N4O/c1-11-9-16-6-7-18(11)10-13-8-14(17-19-13)12-2-4-15-5-3-12/h8,11-12,15-16H,2-7,9-10H2,1H3. The van der Waals surface area contributed by atoms with Gasteiger partial charge in [0.05, 0.1) is 12.2 Å². The molecular formula is C14H24N4O. The first-order valence-electron chi connectivity index (χ1n) is 7.44. The second kappa shape index (κ2) is 6.03. The smallest absolute Gasteiger partial charge is 0.150 e. The normalized spacial score (nSPS) is 26.7. The topological polar surface area (TPSA) is 53.3 Å². The fourth-order valence-corrected chi connectivity index (χ4v) is 3.03. The van der Waals surface area contributed by atoms with E-state index in [4.69, 9.17) is 4.52 Å². The van der Waals surface area contributed by atoms with Gasteiger partial charge in [-0.3, -0.25) is 4.90 Å². The minimum atomic E-state index is 0.571. The number of hydrogen-bond donors (Lipinski definition) is 2. The Bertz CT molecular complexity index is 400. The quantitative estimate of drug-likeness (QED) is 0.851. The molecular weight excluding hydrogens is 240 g/mol. The summed E-state index contributed by atoms with van der Waals surface area (Å²) in [6.45, 7) is 8.57. The Balaban J connectivity index is 1.60. The zero-order valence-corrected chi connectivity index (χ0v) is 11.7. The number of hydrogen-bond acceptors (Lipinski definition) is 5. The molecule has 0 amide bonds. The maximum Gasteiger partial charge on any atom is 0.150 e. The number of nitrogens with zero attached hydrogens (tertiary/aromatic N) is 2. The van der Waals surface area contributed by atoms with Crippen LogP contribution in [0.4, 0.5) is 0 Å². The highest BCUT2D eigenvalue weighted by atomic mass is 16.5. The number of nitrogens with one attached hydrogen (secondary N) is 2. The minimum Gasteiger partial charge on any atom is -0.360 e. The Morgan fingerprint density at radius 3 is 2.95 bits per heavy atom. The Morgan fingerprint density at radius 1 is 1.32 bits per heavy atom. The Kier molecular flexibility index (Phi) is 4.15. The lowest BCUT2D eigenvalue weighted by molar-refractivity contribution is 0.149. The minimum absolute atomic E-state index is 0.571. The summed E-state index contributed by atoms with van der Waals surface area (Å²) in [5.41, 5.74) is 1.15. The first kappa shape index (κ1) is 13.1. The van der Waals surface area contributed by atoms with E-state index in [0.29, 0.717) is 12.0 Å². The molecule has 2 N–H and O–H groups in total. The van der Waals surface area contributed by atoms with Gasteiger partial charge in [-0.1, -0.05) is 5.16 Å². The molecule has 1 atom stereocenters. The molecule has 3 heterocycles. The molecule has 0 aromatic carbocycles. The Labute approximate surface area is 114 Å². The van der Waals surface area contributed by atoms with E-state index in [-0.39, 0.29) is 0 Å². The fraction of sp³-hybridized carbons (Fsp3) is 0.786. The monoisotopic (exact) mass is 264 g/mol. The molecule has 2 aliphatic heterocycles. The molecule has 106 valence electrons. The second-order valence-electron chi connectivity index (χ2n) is 5.77. The summed E-state index contributed by atoms with van der Waals surface area (Å²) in [6, 6.07) is 2.74. The van der Waals surface area contributed by atoms with Gasteiger partial charge < -0.3 is 15.2 Å². The highest BCUT2D eigenvalue weighted by Gasteiger charge is 2.22. The van der Waals surface area contributed by atoms with Crippen LogP contribution in [0.2, 0.25) is 0 Å². The molecule has 2 saturated heterocycles. The molecule has 0 spiro atoms. The van der Waals surface area contributed by atoms with E-state index in [2.05, 4.69) is 33.7 Å². The van der Waals surface area contributed by atoms with Gasteiger partial charge in [0.15, 0.2) is 5.76 Å². The molecule has 0 radical (unpaired) electrons. The van der Waals surface area contributed by atoms with Crippen LogP contribution >= 0.6 is 0 Å². The summed E-state index contributed by atoms with van der Waals surface area (Å²) in [4.78, 5) is 2.46. The van der Waals surface area contributed by atoms with Gasteiger partial charge in [-0.2, -0.15) is 0 Å². The molecule has 0 saturated carbocycles. The van der Waals surface area contributed by atoms with Crippen molar-refractivity contribution in [3.63, 3.8) is 0 Å². The highest BCUT2D eigenvalue weighted by molar-refractivity contribution is 5.12. The molecule has 1 unspecified atom stereocenters. The van der Waals surface area contributed by atoms with Crippen LogP contribution in [0.15, 0.2) is 10.6 Å². The molecule has 5 nitrogen and oxygen atoms in total. The lowest BCUT2D eigenvalue weighted by Crippen LogP contribution is -2.49. The third kappa shape index (κ3) is 3.16. The van der Waals surface area contributed by atoms with Gasteiger partial charge in [0, 0.05) is 37.7 Å². The van der Waals surface area contributed by atoms with Crippen molar-refractivity contribution in [3.05, 3.63) is 17.5 Å². The van der Waals surface area contributed by atoms with Crippen molar-refractivity contribution in [2.45, 2.75) is 38.3 Å². The molecule has 0 aliphatic carbocycles. The van der Waals surface area contributed by atoms with Crippen LogP contribution in [0.25, 0.3) is 0 Å². The summed E-state index contributed by atoms with van der Waals surface area (Å²) in [5, 5.41) is 11.1. The lowest BCUT2D eigenvalue weighted by atomic mass is 9.94. The molecule has 1 aromatic rings. The van der Waals surface area contributed by atoms with Crippen LogP contribution in [0.1, 0.15) is 37.1 Å². The van der Waals surface area contributed by atoms with Crippen molar-refractivity contribution >= 4 is 0 Å². The van der Waals surface area contributed by atoms with Crippen LogP contribution in [-0.2, 0) is 6.54 Å². The van der Waals surface area contributed by atoms with Crippen LogP contribution in [-0.4, -0.2) is 48.8 Å². The third-order valence-corrected chi connectivity index (χ3v) is 4.33. The van der Waals surface area contributed by atoms with Crippen molar-refractivity contribution in [1.82, 2.24) is 20.7 Å². The van der Waals surface area contributed by atoms with Crippen molar-refractivity contribution in [2.24, 2.45) is 0 Å². The zero-order chi connectivity index (χ0) is 13.1. The molecule has 0 bridgehead atoms. The van der Waals surface area contributed by atoms with Gasteiger partial charge in [0.25, 0.3) is 0 Å². The predicted octanol–water partition coefficient (Wildman–Crippen LogP) is 0.935. The van der Waals surface area contributed by atoms with Gasteiger partial charge in [0.2, 0.25) is 0 Å². The predicted molar refractivity (Wildman–Crippen MR) is 74.1 cm³/mol. The lowest BCUT2D eigenvalue weighted by Gasteiger charge is -2.32. The first-order valence-corrected chi connectivity index (χ1v) is 7.44. The van der Waals surface area contributed by atoms with E-state index in [9.17, 15) is 0 Å². The van der Waals surface area contributed by atoms with E-state index < -0.39 is 0 Å². The zero-order valence-electron chi connectivity index (χ0n) is 11.7. The Morgan fingerprint density at radius 2 is 2.16 bits per heavy atom. The van der Waals surface area contributed by atoms with E-state index in [1.807, 2.05) is 0 Å². The second-order valence-corrected chi connectivity index (χ2v) is 5.77. The van der Waals surface area contributed by atoms with Crippen molar-refractivity contribution in [1.29, 1.82) is 0 Å². The number of aromatic nitrogens is 1. The number of rotatable bonds is 3. The molecule has 5 heteroatoms. The van der Waals surface area contributed by atoms with Crippen molar-refractivity contribution in [2.75, 3.05) is 32.7 Å². The van der Waals surface area contributed by atoms with Gasteiger partial charge in [-0.05, 0) is 32.9 Å². The summed E-state index contributed by atoms with van der Waals surface area (Å²) in [7, 11) is 0. The fourth-order valence-electron chi connectivity index (χ4n) is 3.03. The van der Waals surface area contributed by atoms with Gasteiger partial charge in [-0.25, -0.2) is 0 Å². The molecule has 19 heavy (non-hydrogen) atoms. The molecule has 1 aromatic heterocycles. The summed E-state index contributed by atoms with van der Waals surface area (Å²) < 4.78 is 5.54. The van der Waals surface area contributed by atoms with Gasteiger partial charge >= 0.3 is 0 Å². The van der Waals surface area contributed by atoms with E-state index >= 15 is 0 Å².